The van der Waals surface area contributed by atoms with Crippen LogP contribution in [0.5, 0.6) is 0 Å². The highest BCUT2D eigenvalue weighted by Gasteiger charge is 2.31. The molecular formula is C14H22NS. The lowest BCUT2D eigenvalue weighted by Gasteiger charge is -2.38. The molecule has 2 atom stereocenters. The fraction of sp³-hybridized carbons (Fsp3) is 0.500. The van der Waals surface area contributed by atoms with Gasteiger partial charge in [0.1, 0.15) is 0 Å². The minimum Gasteiger partial charge on any atom is -0.292 e. The molecule has 0 aliphatic rings. The summed E-state index contributed by atoms with van der Waals surface area (Å²) in [5, 5.41) is 0.563. The summed E-state index contributed by atoms with van der Waals surface area (Å²) in [5.74, 6) is 0. The Bertz CT molecular complexity index is 310. The lowest BCUT2D eigenvalue weighted by molar-refractivity contribution is 0.281. The topological polar surface area (TPSA) is 3.24 Å². The Labute approximate surface area is 104 Å². The van der Waals surface area contributed by atoms with E-state index in [9.17, 15) is 0 Å². The molecular weight excluding hydrogens is 214 g/mol. The van der Waals surface area contributed by atoms with Crippen LogP contribution in [0.3, 0.4) is 0 Å². The van der Waals surface area contributed by atoms with Crippen molar-refractivity contribution in [1.82, 2.24) is 4.90 Å². The molecule has 0 fully saturated rings. The van der Waals surface area contributed by atoms with Crippen molar-refractivity contribution >= 4 is 11.8 Å². The van der Waals surface area contributed by atoms with Gasteiger partial charge in [-0.2, -0.15) is 0 Å². The third kappa shape index (κ3) is 3.02. The largest absolute Gasteiger partial charge is 0.292 e. The van der Waals surface area contributed by atoms with Crippen molar-refractivity contribution in [3.8, 4) is 0 Å². The molecule has 0 aliphatic carbocycles. The SMILES string of the molecule is [CH2]CC(C)SC(C)(c1ccccc1)N(C)C. The Kier molecular flexibility index (Phi) is 4.88. The monoisotopic (exact) mass is 236 g/mol. The van der Waals surface area contributed by atoms with Gasteiger partial charge in [0, 0.05) is 5.25 Å². The van der Waals surface area contributed by atoms with E-state index >= 15 is 0 Å². The fourth-order valence-corrected chi connectivity index (χ4v) is 3.01. The summed E-state index contributed by atoms with van der Waals surface area (Å²) in [5.41, 5.74) is 1.35. The van der Waals surface area contributed by atoms with Crippen LogP contribution in [0.15, 0.2) is 30.3 Å². The Balaban J connectivity index is 2.98. The van der Waals surface area contributed by atoms with E-state index in [4.69, 9.17) is 0 Å². The molecule has 0 bridgehead atoms. The van der Waals surface area contributed by atoms with Crippen LogP contribution in [-0.4, -0.2) is 24.2 Å². The van der Waals surface area contributed by atoms with Gasteiger partial charge in [-0.15, -0.1) is 11.8 Å². The molecule has 0 heterocycles. The maximum atomic E-state index is 3.98. The van der Waals surface area contributed by atoms with Crippen LogP contribution in [0.25, 0.3) is 0 Å². The van der Waals surface area contributed by atoms with Crippen molar-refractivity contribution in [1.29, 1.82) is 0 Å². The van der Waals surface area contributed by atoms with Crippen molar-refractivity contribution in [3.63, 3.8) is 0 Å². The smallest absolute Gasteiger partial charge is 0.0895 e. The molecule has 0 N–H and O–H groups in total. The molecule has 0 aromatic heterocycles. The molecule has 89 valence electrons. The third-order valence-corrected chi connectivity index (χ3v) is 4.70. The molecule has 1 aromatic rings. The number of nitrogens with zero attached hydrogens (tertiary/aromatic N) is 1. The molecule has 1 nitrogen and oxygen atoms in total. The average molecular weight is 236 g/mol. The summed E-state index contributed by atoms with van der Waals surface area (Å²) in [6, 6.07) is 10.7. The van der Waals surface area contributed by atoms with Crippen molar-refractivity contribution in [2.45, 2.75) is 30.4 Å². The van der Waals surface area contributed by atoms with Gasteiger partial charge in [-0.3, -0.25) is 4.90 Å². The second-order valence-electron chi connectivity index (χ2n) is 4.46. The molecule has 0 saturated carbocycles. The number of rotatable bonds is 5. The van der Waals surface area contributed by atoms with E-state index in [1.54, 1.807) is 0 Å². The van der Waals surface area contributed by atoms with E-state index in [1.165, 1.54) is 5.56 Å². The van der Waals surface area contributed by atoms with Gasteiger partial charge in [-0.1, -0.05) is 44.2 Å². The third-order valence-electron chi connectivity index (χ3n) is 3.00. The molecule has 0 saturated heterocycles. The molecule has 2 heteroatoms. The molecule has 0 amide bonds. The van der Waals surface area contributed by atoms with Crippen LogP contribution < -0.4 is 0 Å². The Hall–Kier alpha value is -0.470. The normalized spacial score (nSPS) is 17.1. The summed E-state index contributed by atoms with van der Waals surface area (Å²) in [7, 11) is 4.27. The molecule has 0 aliphatic heterocycles. The zero-order valence-corrected chi connectivity index (χ0v) is 11.6. The summed E-state index contributed by atoms with van der Waals surface area (Å²) in [6.07, 6.45) is 0.959. The van der Waals surface area contributed by atoms with Crippen molar-refractivity contribution in [2.75, 3.05) is 14.1 Å². The van der Waals surface area contributed by atoms with Crippen LogP contribution in [0.1, 0.15) is 25.8 Å². The highest BCUT2D eigenvalue weighted by molar-refractivity contribution is 8.00. The average Bonchev–Trinajstić information content (AvgIpc) is 2.29. The van der Waals surface area contributed by atoms with Crippen LogP contribution in [0.4, 0.5) is 0 Å². The van der Waals surface area contributed by atoms with Gasteiger partial charge < -0.3 is 0 Å². The first-order valence-electron chi connectivity index (χ1n) is 5.70. The van der Waals surface area contributed by atoms with E-state index < -0.39 is 0 Å². The van der Waals surface area contributed by atoms with Gasteiger partial charge >= 0.3 is 0 Å². The maximum absolute atomic E-state index is 3.98. The van der Waals surface area contributed by atoms with E-state index in [1.807, 2.05) is 11.8 Å². The molecule has 1 aromatic carbocycles. The summed E-state index contributed by atoms with van der Waals surface area (Å²) < 4.78 is 0. The molecule has 0 spiro atoms. The fourth-order valence-electron chi connectivity index (χ4n) is 1.63. The standard InChI is InChI=1S/C14H22NS/c1-6-12(2)16-14(3,15(4)5)13-10-8-7-9-11-13/h7-12H,1,6H2,2-5H3. The Morgan fingerprint density at radius 2 is 1.88 bits per heavy atom. The maximum Gasteiger partial charge on any atom is 0.0895 e. The van der Waals surface area contributed by atoms with Gasteiger partial charge in [-0.25, -0.2) is 0 Å². The molecule has 1 rings (SSSR count). The first-order valence-corrected chi connectivity index (χ1v) is 6.58. The lowest BCUT2D eigenvalue weighted by atomic mass is 10.1. The van der Waals surface area contributed by atoms with Crippen molar-refractivity contribution < 1.29 is 0 Å². The molecule has 2 unspecified atom stereocenters. The lowest BCUT2D eigenvalue weighted by Crippen LogP contribution is -2.36. The quantitative estimate of drug-likeness (QED) is 0.716. The van der Waals surface area contributed by atoms with Gasteiger partial charge in [0.25, 0.3) is 0 Å². The molecule has 1 radical (unpaired) electrons. The highest BCUT2D eigenvalue weighted by atomic mass is 32.2. The van der Waals surface area contributed by atoms with Gasteiger partial charge in [-0.05, 0) is 33.0 Å². The molecule has 16 heavy (non-hydrogen) atoms. The second-order valence-corrected chi connectivity index (χ2v) is 6.30. The highest BCUT2D eigenvalue weighted by Crippen LogP contribution is 2.41. The summed E-state index contributed by atoms with van der Waals surface area (Å²) >= 11 is 1.97. The van der Waals surface area contributed by atoms with Crippen molar-refractivity contribution in [3.05, 3.63) is 42.8 Å². The number of thioether (sulfide) groups is 1. The minimum absolute atomic E-state index is 0.0262. The van der Waals surface area contributed by atoms with Crippen LogP contribution in [0, 0.1) is 6.92 Å². The van der Waals surface area contributed by atoms with Gasteiger partial charge in [0.15, 0.2) is 0 Å². The van der Waals surface area contributed by atoms with E-state index in [0.29, 0.717) is 5.25 Å². The summed E-state index contributed by atoms with van der Waals surface area (Å²) in [4.78, 5) is 2.30. The van der Waals surface area contributed by atoms with Crippen LogP contribution >= 0.6 is 11.8 Å². The van der Waals surface area contributed by atoms with E-state index in [-0.39, 0.29) is 4.87 Å². The van der Waals surface area contributed by atoms with Crippen molar-refractivity contribution in [2.24, 2.45) is 0 Å². The number of benzene rings is 1. The zero-order valence-electron chi connectivity index (χ0n) is 10.7. The Morgan fingerprint density at radius 3 is 2.31 bits per heavy atom. The zero-order chi connectivity index (χ0) is 12.2. The minimum atomic E-state index is 0.0262. The van der Waals surface area contributed by atoms with Crippen LogP contribution in [-0.2, 0) is 4.87 Å². The van der Waals surface area contributed by atoms with Crippen LogP contribution in [0.2, 0.25) is 0 Å². The Morgan fingerprint density at radius 1 is 1.31 bits per heavy atom. The van der Waals surface area contributed by atoms with E-state index in [0.717, 1.165) is 6.42 Å². The predicted octanol–water partition coefficient (Wildman–Crippen LogP) is 3.77. The van der Waals surface area contributed by atoms with Gasteiger partial charge in [0.05, 0.1) is 4.87 Å². The first-order chi connectivity index (χ1) is 7.50. The van der Waals surface area contributed by atoms with E-state index in [2.05, 4.69) is 70.1 Å². The summed E-state index contributed by atoms with van der Waals surface area (Å²) in [6.45, 7) is 8.50. The second kappa shape index (κ2) is 5.74. The predicted molar refractivity (Wildman–Crippen MR) is 74.5 cm³/mol. The first kappa shape index (κ1) is 13.6. The number of hydrogen-bond acceptors (Lipinski definition) is 2. The number of hydrogen-bond donors (Lipinski definition) is 0. The van der Waals surface area contributed by atoms with Gasteiger partial charge in [0.2, 0.25) is 0 Å².